The first-order chi connectivity index (χ1) is 10.1. The van der Waals surface area contributed by atoms with E-state index in [1.54, 1.807) is 11.3 Å². The molecule has 3 heterocycles. The predicted molar refractivity (Wildman–Crippen MR) is 86.8 cm³/mol. The van der Waals surface area contributed by atoms with Crippen molar-refractivity contribution < 1.29 is 8.42 Å². The minimum absolute atomic E-state index is 0.0328. The quantitative estimate of drug-likeness (QED) is 0.810. The maximum atomic E-state index is 11.9. The van der Waals surface area contributed by atoms with Gasteiger partial charge in [0.25, 0.3) is 0 Å². The van der Waals surface area contributed by atoms with Gasteiger partial charge in [-0.2, -0.15) is 0 Å². The molecule has 4 nitrogen and oxygen atoms in total. The van der Waals surface area contributed by atoms with Crippen molar-refractivity contribution in [3.05, 3.63) is 24.3 Å². The Morgan fingerprint density at radius 3 is 2.86 bits per heavy atom. The van der Waals surface area contributed by atoms with Gasteiger partial charge in [-0.25, -0.2) is 13.4 Å². The lowest BCUT2D eigenvalue weighted by molar-refractivity contribution is 0.270. The Kier molecular flexibility index (Phi) is 3.01. The highest BCUT2D eigenvalue weighted by Crippen LogP contribution is 2.42. The lowest BCUT2D eigenvalue weighted by Gasteiger charge is -2.39. The molecule has 0 saturated carbocycles. The van der Waals surface area contributed by atoms with Crippen molar-refractivity contribution in [2.24, 2.45) is 5.41 Å². The third-order valence-electron chi connectivity index (χ3n) is 4.68. The van der Waals surface area contributed by atoms with E-state index in [1.807, 2.05) is 18.2 Å². The smallest absolute Gasteiger partial charge is 0.186 e. The highest BCUT2D eigenvalue weighted by molar-refractivity contribution is 7.91. The van der Waals surface area contributed by atoms with Gasteiger partial charge in [-0.3, -0.25) is 0 Å². The van der Waals surface area contributed by atoms with Gasteiger partial charge in [0, 0.05) is 18.5 Å². The second-order valence-electron chi connectivity index (χ2n) is 6.33. The van der Waals surface area contributed by atoms with Gasteiger partial charge in [0.15, 0.2) is 15.0 Å². The number of benzene rings is 1. The predicted octanol–water partition coefficient (Wildman–Crippen LogP) is 2.70. The Hall–Kier alpha value is -1.14. The van der Waals surface area contributed by atoms with Crippen LogP contribution < -0.4 is 4.90 Å². The summed E-state index contributed by atoms with van der Waals surface area (Å²) < 4.78 is 24.9. The number of para-hydroxylation sites is 1. The van der Waals surface area contributed by atoms with Gasteiger partial charge in [0.2, 0.25) is 0 Å². The van der Waals surface area contributed by atoms with Crippen LogP contribution in [0.5, 0.6) is 0 Å². The van der Waals surface area contributed by atoms with Crippen LogP contribution in [0.3, 0.4) is 0 Å². The van der Waals surface area contributed by atoms with E-state index in [9.17, 15) is 8.42 Å². The topological polar surface area (TPSA) is 50.3 Å². The molecule has 6 heteroatoms. The Bertz CT molecular complexity index is 751. The monoisotopic (exact) mass is 322 g/mol. The van der Waals surface area contributed by atoms with Crippen molar-refractivity contribution in [1.82, 2.24) is 4.98 Å². The number of rotatable bonds is 1. The van der Waals surface area contributed by atoms with Crippen LogP contribution in [0.15, 0.2) is 24.3 Å². The van der Waals surface area contributed by atoms with Crippen LogP contribution in [0, 0.1) is 5.41 Å². The molecule has 21 heavy (non-hydrogen) atoms. The maximum Gasteiger partial charge on any atom is 0.186 e. The fraction of sp³-hybridized carbons (Fsp3) is 0.533. The molecule has 0 radical (unpaired) electrons. The largest absolute Gasteiger partial charge is 0.347 e. The molecule has 0 N–H and O–H groups in total. The Morgan fingerprint density at radius 1 is 1.24 bits per heavy atom. The van der Waals surface area contributed by atoms with Crippen molar-refractivity contribution in [2.75, 3.05) is 29.5 Å². The Morgan fingerprint density at radius 2 is 2.10 bits per heavy atom. The molecule has 1 aromatic heterocycles. The lowest BCUT2D eigenvalue weighted by Crippen LogP contribution is -2.44. The highest BCUT2D eigenvalue weighted by Gasteiger charge is 2.45. The molecular weight excluding hydrogens is 304 g/mol. The minimum atomic E-state index is -2.83. The average Bonchev–Trinajstić information content (AvgIpc) is 3.00. The number of fused-ring (bicyclic) bond motifs is 1. The first kappa shape index (κ1) is 13.5. The molecule has 2 saturated heterocycles. The standard InChI is InChI=1S/C15H18N2O2S2/c18-21(19)9-7-15(11-21)6-3-8-17(10-15)14-16-12-4-1-2-5-13(12)20-14/h1-2,4-5H,3,6-11H2. The Balaban J connectivity index is 1.63. The third-order valence-corrected chi connectivity index (χ3v) is 7.66. The summed E-state index contributed by atoms with van der Waals surface area (Å²) in [5.74, 6) is 0.724. The highest BCUT2D eigenvalue weighted by atomic mass is 32.2. The van der Waals surface area contributed by atoms with E-state index in [0.717, 1.165) is 43.0 Å². The van der Waals surface area contributed by atoms with Crippen LogP contribution in [-0.4, -0.2) is 38.0 Å². The number of sulfone groups is 1. The van der Waals surface area contributed by atoms with E-state index < -0.39 is 9.84 Å². The number of hydrogen-bond acceptors (Lipinski definition) is 5. The summed E-state index contributed by atoms with van der Waals surface area (Å²) in [6, 6.07) is 8.17. The molecule has 4 rings (SSSR count). The van der Waals surface area contributed by atoms with Gasteiger partial charge >= 0.3 is 0 Å². The second kappa shape index (κ2) is 4.68. The summed E-state index contributed by atoms with van der Waals surface area (Å²) in [5.41, 5.74) is 1.01. The summed E-state index contributed by atoms with van der Waals surface area (Å²) in [7, 11) is -2.83. The molecule has 2 aliphatic heterocycles. The second-order valence-corrected chi connectivity index (χ2v) is 9.52. The van der Waals surface area contributed by atoms with E-state index in [-0.39, 0.29) is 5.41 Å². The van der Waals surface area contributed by atoms with Crippen molar-refractivity contribution in [3.63, 3.8) is 0 Å². The SMILES string of the molecule is O=S1(=O)CCC2(CCCN(c3nc4ccccc4s3)C2)C1. The number of nitrogens with zero attached hydrogens (tertiary/aromatic N) is 2. The summed E-state index contributed by atoms with van der Waals surface area (Å²) >= 11 is 1.71. The van der Waals surface area contributed by atoms with Crippen molar-refractivity contribution in [2.45, 2.75) is 19.3 Å². The Labute approximate surface area is 128 Å². The van der Waals surface area contributed by atoms with Crippen LogP contribution in [0.25, 0.3) is 10.2 Å². The molecule has 2 aliphatic rings. The van der Waals surface area contributed by atoms with Crippen LogP contribution in [-0.2, 0) is 9.84 Å². The van der Waals surface area contributed by atoms with Gasteiger partial charge in [0.05, 0.1) is 21.7 Å². The van der Waals surface area contributed by atoms with E-state index >= 15 is 0 Å². The number of piperidine rings is 1. The summed E-state index contributed by atoms with van der Waals surface area (Å²) in [5, 5.41) is 1.04. The van der Waals surface area contributed by atoms with E-state index in [4.69, 9.17) is 4.98 Å². The van der Waals surface area contributed by atoms with Gasteiger partial charge in [-0.05, 0) is 31.4 Å². The fourth-order valence-electron chi connectivity index (χ4n) is 3.67. The summed E-state index contributed by atoms with van der Waals surface area (Å²) in [4.78, 5) is 7.02. The minimum Gasteiger partial charge on any atom is -0.347 e. The third kappa shape index (κ3) is 2.44. The molecular formula is C15H18N2O2S2. The first-order valence-electron chi connectivity index (χ1n) is 7.36. The van der Waals surface area contributed by atoms with Crippen molar-refractivity contribution >= 4 is 36.5 Å². The van der Waals surface area contributed by atoms with E-state index in [0.29, 0.717) is 11.5 Å². The number of hydrogen-bond donors (Lipinski definition) is 0. The molecule has 2 fully saturated rings. The summed E-state index contributed by atoms with van der Waals surface area (Å²) in [6.07, 6.45) is 2.91. The zero-order chi connectivity index (χ0) is 14.5. The molecule has 1 atom stereocenters. The van der Waals surface area contributed by atoms with E-state index in [1.165, 1.54) is 4.70 Å². The van der Waals surface area contributed by atoms with Gasteiger partial charge < -0.3 is 4.90 Å². The van der Waals surface area contributed by atoms with Crippen LogP contribution in [0.2, 0.25) is 0 Å². The number of anilines is 1. The summed E-state index contributed by atoms with van der Waals surface area (Å²) in [6.45, 7) is 1.83. The molecule has 112 valence electrons. The normalized spacial score (nSPS) is 28.5. The van der Waals surface area contributed by atoms with Crippen molar-refractivity contribution in [3.8, 4) is 0 Å². The van der Waals surface area contributed by atoms with Crippen LogP contribution >= 0.6 is 11.3 Å². The van der Waals surface area contributed by atoms with Gasteiger partial charge in [-0.15, -0.1) is 0 Å². The van der Waals surface area contributed by atoms with Crippen molar-refractivity contribution in [1.29, 1.82) is 0 Å². The molecule has 1 unspecified atom stereocenters. The molecule has 1 spiro atoms. The van der Waals surface area contributed by atoms with Crippen LogP contribution in [0.4, 0.5) is 5.13 Å². The lowest BCUT2D eigenvalue weighted by atomic mass is 9.80. The fourth-order valence-corrected chi connectivity index (χ4v) is 6.86. The molecule has 2 aromatic rings. The average molecular weight is 322 g/mol. The zero-order valence-electron chi connectivity index (χ0n) is 11.8. The molecule has 0 amide bonds. The molecule has 1 aromatic carbocycles. The maximum absolute atomic E-state index is 11.9. The number of aromatic nitrogens is 1. The van der Waals surface area contributed by atoms with Gasteiger partial charge in [0.1, 0.15) is 0 Å². The molecule has 0 bridgehead atoms. The van der Waals surface area contributed by atoms with Crippen LogP contribution in [0.1, 0.15) is 19.3 Å². The van der Waals surface area contributed by atoms with E-state index in [2.05, 4.69) is 11.0 Å². The van der Waals surface area contributed by atoms with Gasteiger partial charge in [-0.1, -0.05) is 23.5 Å². The molecule has 0 aliphatic carbocycles. The zero-order valence-corrected chi connectivity index (χ0v) is 13.4. The number of thiazole rings is 1. The first-order valence-corrected chi connectivity index (χ1v) is 10.0.